The number of esters is 1. The molecule has 0 aliphatic carbocycles. The van der Waals surface area contributed by atoms with Crippen LogP contribution in [0.25, 0.3) is 0 Å². The van der Waals surface area contributed by atoms with E-state index < -0.39 is 23.7 Å². The van der Waals surface area contributed by atoms with Crippen LogP contribution in [-0.2, 0) is 27.3 Å². The zero-order valence-corrected chi connectivity index (χ0v) is 18.6. The van der Waals surface area contributed by atoms with E-state index in [1.807, 2.05) is 54.6 Å². The zero-order chi connectivity index (χ0) is 22.7. The van der Waals surface area contributed by atoms with Crippen molar-refractivity contribution in [2.24, 2.45) is 0 Å². The molecule has 1 N–H and O–H groups in total. The van der Waals surface area contributed by atoms with E-state index in [0.29, 0.717) is 13.0 Å². The van der Waals surface area contributed by atoms with Crippen molar-refractivity contribution < 1.29 is 23.8 Å². The number of hydrogen-bond donors (Lipinski definition) is 1. The van der Waals surface area contributed by atoms with Crippen LogP contribution >= 0.6 is 0 Å². The van der Waals surface area contributed by atoms with Crippen LogP contribution in [0.2, 0.25) is 0 Å². The van der Waals surface area contributed by atoms with Crippen molar-refractivity contribution in [1.29, 1.82) is 0 Å². The highest BCUT2D eigenvalue weighted by molar-refractivity contribution is 5.82. The number of ether oxygens (including phenoxy) is 3. The summed E-state index contributed by atoms with van der Waals surface area (Å²) in [5.41, 5.74) is 1.45. The van der Waals surface area contributed by atoms with E-state index in [1.54, 1.807) is 33.8 Å². The molecule has 0 fully saturated rings. The van der Waals surface area contributed by atoms with Gasteiger partial charge in [0.1, 0.15) is 18.0 Å². The van der Waals surface area contributed by atoms with E-state index in [2.05, 4.69) is 5.32 Å². The van der Waals surface area contributed by atoms with Crippen LogP contribution in [0, 0.1) is 0 Å². The number of benzene rings is 2. The summed E-state index contributed by atoms with van der Waals surface area (Å²) in [6.45, 7) is 7.91. The minimum atomic E-state index is -0.614. The number of alkyl carbamates (subject to hydrolysis) is 1. The maximum absolute atomic E-state index is 12.2. The molecule has 6 heteroatoms. The van der Waals surface area contributed by atoms with Gasteiger partial charge in [-0.25, -0.2) is 9.59 Å². The quantitative estimate of drug-likeness (QED) is 0.461. The van der Waals surface area contributed by atoms with Crippen molar-refractivity contribution in [1.82, 2.24) is 5.32 Å². The van der Waals surface area contributed by atoms with Crippen molar-refractivity contribution in [2.75, 3.05) is 6.61 Å². The number of carbonyl (C=O) groups is 2. The lowest BCUT2D eigenvalue weighted by atomic mass is 10.1. The first kappa shape index (κ1) is 24.0. The van der Waals surface area contributed by atoms with Crippen LogP contribution in [0.1, 0.15) is 38.8 Å². The second-order valence-electron chi connectivity index (χ2n) is 7.99. The second-order valence-corrected chi connectivity index (χ2v) is 7.99. The molecule has 1 unspecified atom stereocenters. The summed E-state index contributed by atoms with van der Waals surface area (Å²) < 4.78 is 16.1. The third kappa shape index (κ3) is 9.85. The zero-order valence-electron chi connectivity index (χ0n) is 18.6. The van der Waals surface area contributed by atoms with E-state index in [-0.39, 0.29) is 6.61 Å². The van der Waals surface area contributed by atoms with Gasteiger partial charge in [0.05, 0.1) is 12.6 Å². The molecule has 0 aliphatic rings. The molecule has 31 heavy (non-hydrogen) atoms. The summed E-state index contributed by atoms with van der Waals surface area (Å²) in [6.07, 6.45) is 2.87. The minimum Gasteiger partial charge on any atom is -0.489 e. The standard InChI is InChI=1S/C25H31NO5/c1-5-29-23(27)16-13-21(26-24(28)31-25(2,3)4)17-19-11-14-22(15-12-19)30-18-20-9-7-6-8-10-20/h6-16,21H,5,17-18H2,1-4H3,(H,26,28). The topological polar surface area (TPSA) is 73.9 Å². The number of rotatable bonds is 9. The Labute approximate surface area is 184 Å². The Morgan fingerprint density at radius 3 is 2.29 bits per heavy atom. The molecule has 0 aromatic heterocycles. The average Bonchev–Trinajstić information content (AvgIpc) is 2.71. The molecule has 2 aromatic carbocycles. The molecule has 166 valence electrons. The largest absolute Gasteiger partial charge is 0.489 e. The lowest BCUT2D eigenvalue weighted by Crippen LogP contribution is -2.39. The number of amides is 1. The molecule has 0 radical (unpaired) electrons. The van der Waals surface area contributed by atoms with E-state index in [4.69, 9.17) is 14.2 Å². The lowest BCUT2D eigenvalue weighted by molar-refractivity contribution is -0.137. The van der Waals surface area contributed by atoms with Gasteiger partial charge in [0, 0.05) is 6.08 Å². The SMILES string of the molecule is CCOC(=O)C=CC(Cc1ccc(OCc2ccccc2)cc1)NC(=O)OC(C)(C)C. The maximum Gasteiger partial charge on any atom is 0.408 e. The highest BCUT2D eigenvalue weighted by atomic mass is 16.6. The molecule has 2 aromatic rings. The van der Waals surface area contributed by atoms with E-state index in [9.17, 15) is 9.59 Å². The van der Waals surface area contributed by atoms with Crippen LogP contribution in [0.4, 0.5) is 4.79 Å². The van der Waals surface area contributed by atoms with Crippen LogP contribution < -0.4 is 10.1 Å². The molecule has 1 amide bonds. The van der Waals surface area contributed by atoms with E-state index in [1.165, 1.54) is 6.08 Å². The predicted molar refractivity (Wildman–Crippen MR) is 120 cm³/mol. The van der Waals surface area contributed by atoms with E-state index in [0.717, 1.165) is 16.9 Å². The Kier molecular flexibility index (Phi) is 9.13. The molecule has 0 aliphatic heterocycles. The van der Waals surface area contributed by atoms with Crippen molar-refractivity contribution in [3.63, 3.8) is 0 Å². The normalized spacial score (nSPS) is 12.3. The minimum absolute atomic E-state index is 0.289. The number of nitrogens with one attached hydrogen (secondary N) is 1. The van der Waals surface area contributed by atoms with Gasteiger partial charge >= 0.3 is 12.1 Å². The second kappa shape index (κ2) is 11.8. The summed E-state index contributed by atoms with van der Waals surface area (Å²) in [7, 11) is 0. The summed E-state index contributed by atoms with van der Waals surface area (Å²) in [4.78, 5) is 23.9. The summed E-state index contributed by atoms with van der Waals surface area (Å²) in [5, 5.41) is 2.79. The first-order valence-corrected chi connectivity index (χ1v) is 10.4. The van der Waals surface area contributed by atoms with Crippen molar-refractivity contribution in [2.45, 2.75) is 52.4 Å². The summed E-state index contributed by atoms with van der Waals surface area (Å²) in [6, 6.07) is 17.1. The highest BCUT2D eigenvalue weighted by Gasteiger charge is 2.19. The van der Waals surface area contributed by atoms with Gasteiger partial charge < -0.3 is 19.5 Å². The van der Waals surface area contributed by atoms with Crippen molar-refractivity contribution in [3.05, 3.63) is 77.9 Å². The van der Waals surface area contributed by atoms with Gasteiger partial charge in [-0.15, -0.1) is 0 Å². The molecule has 0 spiro atoms. The Bertz CT molecular complexity index is 854. The van der Waals surface area contributed by atoms with Gasteiger partial charge in [-0.05, 0) is 57.4 Å². The maximum atomic E-state index is 12.2. The first-order chi connectivity index (χ1) is 14.7. The van der Waals surface area contributed by atoms with Gasteiger partial charge in [0.25, 0.3) is 0 Å². The summed E-state index contributed by atoms with van der Waals surface area (Å²) >= 11 is 0. The summed E-state index contributed by atoms with van der Waals surface area (Å²) in [5.74, 6) is 0.300. The molecule has 6 nitrogen and oxygen atoms in total. The third-order valence-electron chi connectivity index (χ3n) is 4.08. The average molecular weight is 426 g/mol. The first-order valence-electron chi connectivity index (χ1n) is 10.4. The van der Waals surface area contributed by atoms with Gasteiger partial charge in [0.15, 0.2) is 0 Å². The Morgan fingerprint density at radius 1 is 1.00 bits per heavy atom. The molecule has 0 bridgehead atoms. The highest BCUT2D eigenvalue weighted by Crippen LogP contribution is 2.16. The smallest absolute Gasteiger partial charge is 0.408 e. The van der Waals surface area contributed by atoms with Gasteiger partial charge in [-0.2, -0.15) is 0 Å². The third-order valence-corrected chi connectivity index (χ3v) is 4.08. The monoisotopic (exact) mass is 425 g/mol. The van der Waals surface area contributed by atoms with Gasteiger partial charge in [0.2, 0.25) is 0 Å². The van der Waals surface area contributed by atoms with E-state index >= 15 is 0 Å². The predicted octanol–water partition coefficient (Wildman–Crippen LogP) is 4.82. The molecule has 1 atom stereocenters. The molecular formula is C25H31NO5. The fourth-order valence-corrected chi connectivity index (χ4v) is 2.73. The van der Waals surface area contributed by atoms with Gasteiger partial charge in [-0.3, -0.25) is 0 Å². The fourth-order valence-electron chi connectivity index (χ4n) is 2.73. The van der Waals surface area contributed by atoms with Crippen LogP contribution in [-0.4, -0.2) is 30.3 Å². The Morgan fingerprint density at radius 2 is 1.68 bits per heavy atom. The van der Waals surface area contributed by atoms with Crippen LogP contribution in [0.3, 0.4) is 0 Å². The lowest BCUT2D eigenvalue weighted by Gasteiger charge is -2.22. The molecule has 0 saturated heterocycles. The number of hydrogen-bond acceptors (Lipinski definition) is 5. The van der Waals surface area contributed by atoms with Crippen LogP contribution in [0.5, 0.6) is 5.75 Å². The van der Waals surface area contributed by atoms with Crippen molar-refractivity contribution >= 4 is 12.1 Å². The molecule has 0 saturated carbocycles. The molecule has 2 rings (SSSR count). The van der Waals surface area contributed by atoms with Crippen LogP contribution in [0.15, 0.2) is 66.7 Å². The Hall–Kier alpha value is -3.28. The number of carbonyl (C=O) groups excluding carboxylic acids is 2. The van der Waals surface area contributed by atoms with Gasteiger partial charge in [-0.1, -0.05) is 48.5 Å². The fraction of sp³-hybridized carbons (Fsp3) is 0.360. The Balaban J connectivity index is 2.00. The molecular weight excluding hydrogens is 394 g/mol. The van der Waals surface area contributed by atoms with Crippen molar-refractivity contribution in [3.8, 4) is 5.75 Å². The molecule has 0 heterocycles.